The lowest BCUT2D eigenvalue weighted by Crippen LogP contribution is -2.27. The van der Waals surface area contributed by atoms with E-state index in [4.69, 9.17) is 0 Å². The Morgan fingerprint density at radius 2 is 2.31 bits per heavy atom. The zero-order valence-electron chi connectivity index (χ0n) is 8.53. The molecule has 0 radical (unpaired) electrons. The van der Waals surface area contributed by atoms with E-state index in [1.54, 1.807) is 18.2 Å². The molecule has 0 aromatic heterocycles. The van der Waals surface area contributed by atoms with Crippen molar-refractivity contribution in [1.29, 1.82) is 0 Å². The number of nitrogens with one attached hydrogen (secondary N) is 2. The highest BCUT2D eigenvalue weighted by molar-refractivity contribution is 6.14. The summed E-state index contributed by atoms with van der Waals surface area (Å²) in [7, 11) is 0. The molecule has 1 atom stereocenters. The number of benzene rings is 1. The SMILES string of the molecule is O=C1Nc2ccc(O)cc2N=C2CNCC12. The average Bonchev–Trinajstić information content (AvgIpc) is 2.65. The number of hydrogen-bond donors (Lipinski definition) is 3. The van der Waals surface area contributed by atoms with Crippen LogP contribution in [0.4, 0.5) is 11.4 Å². The first-order valence-electron chi connectivity index (χ1n) is 5.16. The van der Waals surface area contributed by atoms with Crippen molar-refractivity contribution in [2.75, 3.05) is 18.4 Å². The van der Waals surface area contributed by atoms with Crippen LogP contribution in [0, 0.1) is 5.92 Å². The molecule has 5 heteroatoms. The van der Waals surface area contributed by atoms with Crippen LogP contribution in [0.25, 0.3) is 0 Å². The van der Waals surface area contributed by atoms with Gasteiger partial charge in [0.1, 0.15) is 5.75 Å². The minimum Gasteiger partial charge on any atom is -0.508 e. The van der Waals surface area contributed by atoms with Crippen molar-refractivity contribution in [1.82, 2.24) is 5.32 Å². The van der Waals surface area contributed by atoms with E-state index in [9.17, 15) is 9.90 Å². The maximum atomic E-state index is 11.8. The van der Waals surface area contributed by atoms with Crippen molar-refractivity contribution in [3.05, 3.63) is 18.2 Å². The number of rotatable bonds is 0. The van der Waals surface area contributed by atoms with Crippen molar-refractivity contribution in [2.24, 2.45) is 10.9 Å². The van der Waals surface area contributed by atoms with Crippen molar-refractivity contribution in [3.63, 3.8) is 0 Å². The summed E-state index contributed by atoms with van der Waals surface area (Å²) in [6.45, 7) is 1.26. The Kier molecular flexibility index (Phi) is 1.94. The molecule has 2 aliphatic rings. The average molecular weight is 217 g/mol. The van der Waals surface area contributed by atoms with Gasteiger partial charge in [-0.25, -0.2) is 0 Å². The van der Waals surface area contributed by atoms with Crippen LogP contribution in [0.2, 0.25) is 0 Å². The first-order chi connectivity index (χ1) is 7.74. The third-order valence-electron chi connectivity index (χ3n) is 2.88. The molecule has 0 saturated carbocycles. The minimum atomic E-state index is -0.186. The van der Waals surface area contributed by atoms with Gasteiger partial charge in [-0.3, -0.25) is 9.79 Å². The van der Waals surface area contributed by atoms with Gasteiger partial charge in [0, 0.05) is 24.9 Å². The van der Waals surface area contributed by atoms with Crippen LogP contribution in [-0.4, -0.2) is 29.8 Å². The summed E-state index contributed by atoms with van der Waals surface area (Å²) in [5.74, 6) is -0.0653. The van der Waals surface area contributed by atoms with Crippen LogP contribution in [0.15, 0.2) is 23.2 Å². The maximum Gasteiger partial charge on any atom is 0.234 e. The zero-order chi connectivity index (χ0) is 11.1. The molecule has 1 aromatic rings. The van der Waals surface area contributed by atoms with Gasteiger partial charge in [0.15, 0.2) is 0 Å². The lowest BCUT2D eigenvalue weighted by Gasteiger charge is -2.07. The Morgan fingerprint density at radius 1 is 1.44 bits per heavy atom. The summed E-state index contributed by atoms with van der Waals surface area (Å²) >= 11 is 0. The Hall–Kier alpha value is -1.88. The van der Waals surface area contributed by atoms with Crippen LogP contribution in [0.3, 0.4) is 0 Å². The van der Waals surface area contributed by atoms with Gasteiger partial charge in [-0.05, 0) is 12.1 Å². The molecule has 1 unspecified atom stereocenters. The van der Waals surface area contributed by atoms with Crippen molar-refractivity contribution in [3.8, 4) is 5.75 Å². The van der Waals surface area contributed by atoms with Crippen molar-refractivity contribution in [2.45, 2.75) is 0 Å². The molecule has 2 aliphatic heterocycles. The van der Waals surface area contributed by atoms with Crippen molar-refractivity contribution < 1.29 is 9.90 Å². The number of aromatic hydroxyl groups is 1. The first kappa shape index (κ1) is 9.35. The topological polar surface area (TPSA) is 73.7 Å². The van der Waals surface area contributed by atoms with Crippen LogP contribution in [0.1, 0.15) is 0 Å². The van der Waals surface area contributed by atoms with Gasteiger partial charge in [-0.15, -0.1) is 0 Å². The highest BCUT2D eigenvalue weighted by Gasteiger charge is 2.31. The van der Waals surface area contributed by atoms with E-state index in [2.05, 4.69) is 15.6 Å². The van der Waals surface area contributed by atoms with E-state index in [1.165, 1.54) is 0 Å². The lowest BCUT2D eigenvalue weighted by atomic mass is 10.1. The molecule has 5 nitrogen and oxygen atoms in total. The quantitative estimate of drug-likeness (QED) is 0.558. The Labute approximate surface area is 92.2 Å². The van der Waals surface area contributed by atoms with Gasteiger partial charge in [0.2, 0.25) is 5.91 Å². The summed E-state index contributed by atoms with van der Waals surface area (Å²) in [6.07, 6.45) is 0. The van der Waals surface area contributed by atoms with E-state index in [0.29, 0.717) is 24.5 Å². The van der Waals surface area contributed by atoms with Crippen LogP contribution in [-0.2, 0) is 4.79 Å². The number of phenols is 1. The number of fused-ring (bicyclic) bond motifs is 2. The Bertz CT molecular complexity index is 496. The summed E-state index contributed by atoms with van der Waals surface area (Å²) in [5, 5.41) is 15.3. The molecular formula is C11H11N3O2. The van der Waals surface area contributed by atoms with Gasteiger partial charge in [0.25, 0.3) is 0 Å². The fourth-order valence-electron chi connectivity index (χ4n) is 2.04. The number of hydrogen-bond acceptors (Lipinski definition) is 4. The monoisotopic (exact) mass is 217 g/mol. The fraction of sp³-hybridized carbons (Fsp3) is 0.273. The molecule has 3 rings (SSSR count). The summed E-state index contributed by atoms with van der Waals surface area (Å²) in [6, 6.07) is 4.77. The number of nitrogens with zero attached hydrogens (tertiary/aromatic N) is 1. The Balaban J connectivity index is 2.14. The second kappa shape index (κ2) is 3.31. The smallest absolute Gasteiger partial charge is 0.234 e. The molecule has 3 N–H and O–H groups in total. The summed E-state index contributed by atoms with van der Waals surface area (Å²) in [5.41, 5.74) is 2.11. The van der Waals surface area contributed by atoms with Crippen LogP contribution < -0.4 is 10.6 Å². The zero-order valence-corrected chi connectivity index (χ0v) is 8.53. The molecule has 82 valence electrons. The predicted molar refractivity (Wildman–Crippen MR) is 60.2 cm³/mol. The standard InChI is InChI=1S/C11H11N3O2/c15-6-1-2-8-9(3-6)13-10-5-12-4-7(10)11(16)14-8/h1-3,7,12,15H,4-5H2,(H,14,16). The molecule has 1 amide bonds. The number of carbonyl (C=O) groups excluding carboxylic acids is 1. The van der Waals surface area contributed by atoms with Gasteiger partial charge in [0.05, 0.1) is 17.3 Å². The summed E-state index contributed by atoms with van der Waals surface area (Å²) < 4.78 is 0. The normalized spacial score (nSPS) is 22.9. The van der Waals surface area contributed by atoms with Gasteiger partial charge in [-0.2, -0.15) is 0 Å². The number of anilines is 1. The van der Waals surface area contributed by atoms with E-state index in [1.807, 2.05) is 0 Å². The molecule has 0 bridgehead atoms. The molecule has 1 saturated heterocycles. The number of carbonyl (C=O) groups is 1. The maximum absolute atomic E-state index is 11.8. The molecule has 16 heavy (non-hydrogen) atoms. The van der Waals surface area contributed by atoms with Crippen molar-refractivity contribution >= 4 is 23.0 Å². The van der Waals surface area contributed by atoms with Gasteiger partial charge >= 0.3 is 0 Å². The molecule has 1 aromatic carbocycles. The summed E-state index contributed by atoms with van der Waals surface area (Å²) in [4.78, 5) is 16.3. The third-order valence-corrected chi connectivity index (χ3v) is 2.88. The number of amides is 1. The number of aliphatic imine (C=N–C) groups is 1. The minimum absolute atomic E-state index is 0.0341. The highest BCUT2D eigenvalue weighted by atomic mass is 16.3. The van der Waals surface area contributed by atoms with Gasteiger partial charge in [-0.1, -0.05) is 0 Å². The van der Waals surface area contributed by atoms with E-state index in [0.717, 1.165) is 5.71 Å². The predicted octanol–water partition coefficient (Wildman–Crippen LogP) is 0.636. The molecule has 0 aliphatic carbocycles. The first-order valence-corrected chi connectivity index (χ1v) is 5.16. The third kappa shape index (κ3) is 1.37. The second-order valence-electron chi connectivity index (χ2n) is 3.98. The Morgan fingerprint density at radius 3 is 3.19 bits per heavy atom. The number of phenolic OH excluding ortho intramolecular Hbond substituents is 1. The van der Waals surface area contributed by atoms with E-state index < -0.39 is 0 Å². The van der Waals surface area contributed by atoms with Gasteiger partial charge < -0.3 is 15.7 Å². The van der Waals surface area contributed by atoms with Crippen LogP contribution in [0.5, 0.6) is 5.75 Å². The molecule has 1 fully saturated rings. The molecular weight excluding hydrogens is 206 g/mol. The largest absolute Gasteiger partial charge is 0.508 e. The second-order valence-corrected chi connectivity index (χ2v) is 3.98. The van der Waals surface area contributed by atoms with E-state index in [-0.39, 0.29) is 17.6 Å². The lowest BCUT2D eigenvalue weighted by molar-refractivity contribution is -0.117. The highest BCUT2D eigenvalue weighted by Crippen LogP contribution is 2.32. The molecule has 2 heterocycles. The van der Waals surface area contributed by atoms with Crippen LogP contribution >= 0.6 is 0 Å². The fourth-order valence-corrected chi connectivity index (χ4v) is 2.04. The molecule has 0 spiro atoms. The van der Waals surface area contributed by atoms with E-state index >= 15 is 0 Å².